The fourth-order valence-electron chi connectivity index (χ4n) is 3.33. The van der Waals surface area contributed by atoms with Crippen molar-refractivity contribution in [2.75, 3.05) is 18.4 Å². The number of hydrogen-bond donors (Lipinski definition) is 3. The molecule has 3 N–H and O–H groups in total. The highest BCUT2D eigenvalue weighted by Gasteiger charge is 2.16. The molecule has 0 radical (unpaired) electrons. The molecule has 152 valence electrons. The fourth-order valence-corrected chi connectivity index (χ4v) is 3.33. The maximum Gasteiger partial charge on any atom is 0.279 e. The number of rotatable bonds is 8. The van der Waals surface area contributed by atoms with Gasteiger partial charge in [-0.05, 0) is 49.1 Å². The van der Waals surface area contributed by atoms with Crippen molar-refractivity contribution in [3.8, 4) is 0 Å². The van der Waals surface area contributed by atoms with E-state index in [0.29, 0.717) is 35.7 Å². The second-order valence-corrected chi connectivity index (χ2v) is 7.47. The van der Waals surface area contributed by atoms with Crippen LogP contribution in [0.5, 0.6) is 0 Å². The zero-order valence-corrected chi connectivity index (χ0v) is 17.3. The van der Waals surface area contributed by atoms with Gasteiger partial charge in [-0.3, -0.25) is 9.59 Å². The quantitative estimate of drug-likeness (QED) is 0.550. The van der Waals surface area contributed by atoms with E-state index in [1.54, 1.807) is 6.07 Å². The van der Waals surface area contributed by atoms with Crippen LogP contribution in [0.3, 0.4) is 0 Å². The molecule has 0 saturated heterocycles. The lowest BCUT2D eigenvalue weighted by atomic mass is 9.99. The first-order valence-electron chi connectivity index (χ1n) is 10.2. The van der Waals surface area contributed by atoms with Crippen molar-refractivity contribution in [1.82, 2.24) is 9.97 Å². The number of para-hydroxylation sites is 1. The van der Waals surface area contributed by atoms with Crippen LogP contribution in [0.25, 0.3) is 10.9 Å². The molecule has 0 aliphatic carbocycles. The van der Waals surface area contributed by atoms with Crippen molar-refractivity contribution >= 4 is 22.5 Å². The van der Waals surface area contributed by atoms with Crippen LogP contribution in [0.2, 0.25) is 0 Å². The predicted octanol–water partition coefficient (Wildman–Crippen LogP) is 2.48. The van der Waals surface area contributed by atoms with Gasteiger partial charge in [0.1, 0.15) is 6.54 Å². The summed E-state index contributed by atoms with van der Waals surface area (Å²) < 4.78 is 0. The first-order chi connectivity index (χ1) is 14.0. The van der Waals surface area contributed by atoms with Crippen molar-refractivity contribution in [3.63, 3.8) is 0 Å². The number of quaternary nitrogens is 1. The van der Waals surface area contributed by atoms with Crippen LogP contribution < -0.4 is 15.8 Å². The highest BCUT2D eigenvalue weighted by atomic mass is 16.2. The fraction of sp³-hybridized carbons (Fsp3) is 0.348. The highest BCUT2D eigenvalue weighted by Crippen LogP contribution is 2.20. The van der Waals surface area contributed by atoms with Crippen LogP contribution in [-0.4, -0.2) is 29.0 Å². The molecular formula is C23H29N4O2+. The average molecular weight is 394 g/mol. The minimum absolute atomic E-state index is 0.0544. The Balaban J connectivity index is 1.63. The van der Waals surface area contributed by atoms with Gasteiger partial charge in [-0.2, -0.15) is 0 Å². The molecule has 0 fully saturated rings. The number of anilines is 1. The number of amides is 1. The highest BCUT2D eigenvalue weighted by molar-refractivity contribution is 5.91. The van der Waals surface area contributed by atoms with Crippen LogP contribution in [0.4, 0.5) is 5.69 Å². The van der Waals surface area contributed by atoms with Gasteiger partial charge in [0, 0.05) is 5.69 Å². The van der Waals surface area contributed by atoms with Crippen LogP contribution in [-0.2, 0) is 11.3 Å². The van der Waals surface area contributed by atoms with E-state index in [1.807, 2.05) is 37.3 Å². The SMILES string of the molecule is CC[C@H](C)c1ccc(NC(=O)C[NH+](CC)Cc2nc3ccccc3c(=O)[nH]2)cc1. The van der Waals surface area contributed by atoms with Gasteiger partial charge in [0.25, 0.3) is 11.5 Å². The van der Waals surface area contributed by atoms with E-state index in [4.69, 9.17) is 0 Å². The minimum atomic E-state index is -0.146. The van der Waals surface area contributed by atoms with Crippen LogP contribution in [0, 0.1) is 0 Å². The molecule has 0 aliphatic heterocycles. The number of nitrogens with zero attached hydrogens (tertiary/aromatic N) is 1. The Morgan fingerprint density at radius 2 is 1.86 bits per heavy atom. The van der Waals surface area contributed by atoms with E-state index in [-0.39, 0.29) is 11.5 Å². The summed E-state index contributed by atoms with van der Waals surface area (Å²) in [7, 11) is 0. The third kappa shape index (κ3) is 5.29. The summed E-state index contributed by atoms with van der Waals surface area (Å²) in [6.45, 7) is 7.91. The average Bonchev–Trinajstić information content (AvgIpc) is 2.73. The number of hydrogen-bond acceptors (Lipinski definition) is 3. The summed E-state index contributed by atoms with van der Waals surface area (Å²) in [5.41, 5.74) is 2.60. The lowest BCUT2D eigenvalue weighted by Crippen LogP contribution is -3.11. The van der Waals surface area contributed by atoms with Crippen molar-refractivity contribution in [2.45, 2.75) is 39.7 Å². The summed E-state index contributed by atoms with van der Waals surface area (Å²) in [5.74, 6) is 1.05. The zero-order chi connectivity index (χ0) is 20.8. The molecule has 0 aliphatic rings. The van der Waals surface area contributed by atoms with E-state index in [9.17, 15) is 9.59 Å². The number of benzene rings is 2. The third-order valence-corrected chi connectivity index (χ3v) is 5.37. The van der Waals surface area contributed by atoms with E-state index in [0.717, 1.165) is 23.6 Å². The smallest absolute Gasteiger partial charge is 0.279 e. The number of likely N-dealkylation sites (N-methyl/N-ethyl adjacent to an activating group) is 1. The number of fused-ring (bicyclic) bond motifs is 1. The Hall–Kier alpha value is -2.99. The molecule has 0 saturated carbocycles. The van der Waals surface area contributed by atoms with E-state index in [1.165, 1.54) is 5.56 Å². The maximum atomic E-state index is 12.5. The Bertz CT molecular complexity index is 1030. The first-order valence-corrected chi connectivity index (χ1v) is 10.2. The topological polar surface area (TPSA) is 79.3 Å². The summed E-state index contributed by atoms with van der Waals surface area (Å²) in [6.07, 6.45) is 1.09. The molecule has 6 nitrogen and oxygen atoms in total. The van der Waals surface area contributed by atoms with E-state index in [2.05, 4.69) is 41.3 Å². The molecule has 6 heteroatoms. The molecule has 1 amide bonds. The Labute approximate surface area is 171 Å². The lowest BCUT2D eigenvalue weighted by molar-refractivity contribution is -0.904. The van der Waals surface area contributed by atoms with Gasteiger partial charge in [0.05, 0.1) is 17.4 Å². The largest absolute Gasteiger partial charge is 0.321 e. The Morgan fingerprint density at radius 1 is 1.14 bits per heavy atom. The molecule has 1 heterocycles. The molecule has 1 aromatic heterocycles. The van der Waals surface area contributed by atoms with E-state index < -0.39 is 0 Å². The van der Waals surface area contributed by atoms with Crippen molar-refractivity contribution < 1.29 is 9.69 Å². The molecule has 2 aromatic carbocycles. The van der Waals surface area contributed by atoms with Gasteiger partial charge in [-0.1, -0.05) is 38.1 Å². The van der Waals surface area contributed by atoms with E-state index >= 15 is 0 Å². The predicted molar refractivity (Wildman–Crippen MR) is 116 cm³/mol. The molecular weight excluding hydrogens is 364 g/mol. The van der Waals surface area contributed by atoms with Gasteiger partial charge >= 0.3 is 0 Å². The molecule has 3 aromatic rings. The zero-order valence-electron chi connectivity index (χ0n) is 17.3. The van der Waals surface area contributed by atoms with Crippen molar-refractivity contribution in [1.29, 1.82) is 0 Å². The molecule has 3 rings (SSSR count). The monoisotopic (exact) mass is 393 g/mol. The van der Waals surface area contributed by atoms with Crippen LogP contribution in [0.15, 0.2) is 53.3 Å². The van der Waals surface area contributed by atoms with Crippen LogP contribution >= 0.6 is 0 Å². The summed E-state index contributed by atoms with van der Waals surface area (Å²) in [6, 6.07) is 15.3. The summed E-state index contributed by atoms with van der Waals surface area (Å²) in [4.78, 5) is 33.2. The maximum absolute atomic E-state index is 12.5. The third-order valence-electron chi connectivity index (χ3n) is 5.37. The van der Waals surface area contributed by atoms with Gasteiger partial charge in [-0.25, -0.2) is 4.98 Å². The number of carbonyl (C=O) groups excluding carboxylic acids is 1. The van der Waals surface area contributed by atoms with Gasteiger partial charge in [0.15, 0.2) is 12.4 Å². The normalized spacial score (nSPS) is 13.2. The molecule has 1 unspecified atom stereocenters. The number of aromatic amines is 1. The second-order valence-electron chi connectivity index (χ2n) is 7.47. The molecule has 2 atom stereocenters. The van der Waals surface area contributed by atoms with Gasteiger partial charge in [0.2, 0.25) is 0 Å². The summed E-state index contributed by atoms with van der Waals surface area (Å²) >= 11 is 0. The number of carbonyl (C=O) groups is 1. The standard InChI is InChI=1S/C23H28N4O2/c1-4-16(3)17-10-12-18(13-11-17)24-22(28)15-27(5-2)14-21-25-20-9-7-6-8-19(20)23(29)26-21/h6-13,16H,4-5,14-15H2,1-3H3,(H,24,28)(H,25,26,29)/p+1/t16-/m0/s1. The number of aromatic nitrogens is 2. The molecule has 0 spiro atoms. The Kier molecular flexibility index (Phi) is 6.77. The second kappa shape index (κ2) is 9.47. The van der Waals surface area contributed by atoms with Crippen molar-refractivity contribution in [2.24, 2.45) is 0 Å². The van der Waals surface area contributed by atoms with Crippen molar-refractivity contribution in [3.05, 3.63) is 70.3 Å². The number of H-pyrrole nitrogens is 1. The van der Waals surface area contributed by atoms with Gasteiger partial charge in [-0.15, -0.1) is 0 Å². The van der Waals surface area contributed by atoms with Crippen LogP contribution in [0.1, 0.15) is 44.5 Å². The summed E-state index contributed by atoms with van der Waals surface area (Å²) in [5, 5.41) is 3.54. The molecule has 29 heavy (non-hydrogen) atoms. The lowest BCUT2D eigenvalue weighted by Gasteiger charge is -2.17. The minimum Gasteiger partial charge on any atom is -0.321 e. The number of nitrogens with one attached hydrogen (secondary N) is 3. The first kappa shape index (κ1) is 20.7. The van der Waals surface area contributed by atoms with Gasteiger partial charge < -0.3 is 15.2 Å². The Morgan fingerprint density at radius 3 is 2.55 bits per heavy atom. The molecule has 0 bridgehead atoms.